The van der Waals surface area contributed by atoms with E-state index in [1.165, 1.54) is 30.4 Å². The van der Waals surface area contributed by atoms with E-state index in [9.17, 15) is 24.3 Å². The highest BCUT2D eigenvalue weighted by atomic mass is 32.2. The number of thioether (sulfide) groups is 3. The van der Waals surface area contributed by atoms with Crippen LogP contribution in [0.2, 0.25) is 0 Å². The van der Waals surface area contributed by atoms with Crippen LogP contribution in [-0.4, -0.2) is 74.6 Å². The number of ether oxygens (including phenoxy) is 1. The summed E-state index contributed by atoms with van der Waals surface area (Å²) >= 11 is 4.40. The molecule has 2 atom stereocenters. The third kappa shape index (κ3) is 4.64. The summed E-state index contributed by atoms with van der Waals surface area (Å²) in [5.41, 5.74) is 0.217. The van der Waals surface area contributed by atoms with E-state index in [-0.39, 0.29) is 24.0 Å². The zero-order valence-electron chi connectivity index (χ0n) is 13.6. The quantitative estimate of drug-likeness (QED) is 0.255. The highest BCUT2D eigenvalue weighted by Gasteiger charge is 2.54. The molecule has 1 saturated heterocycles. The fourth-order valence-corrected chi connectivity index (χ4v) is 5.01. The highest BCUT2D eigenvalue weighted by molar-refractivity contribution is 8.15. The van der Waals surface area contributed by atoms with Gasteiger partial charge in [-0.3, -0.25) is 19.3 Å². The lowest BCUT2D eigenvalue weighted by Crippen LogP contribution is -2.70. The molecular formula is C14H18N2O6S3. The largest absolute Gasteiger partial charge is 0.477 e. The number of aliphatic carboxylic acids is 1. The summed E-state index contributed by atoms with van der Waals surface area (Å²) < 4.78 is 4.87. The second-order valence-corrected chi connectivity index (χ2v) is 8.57. The zero-order chi connectivity index (χ0) is 18.6. The van der Waals surface area contributed by atoms with Gasteiger partial charge < -0.3 is 15.2 Å². The van der Waals surface area contributed by atoms with Gasteiger partial charge in [0.1, 0.15) is 23.7 Å². The number of esters is 1. The van der Waals surface area contributed by atoms with Gasteiger partial charge in [0, 0.05) is 23.3 Å². The number of carbonyl (C=O) groups is 4. The van der Waals surface area contributed by atoms with Crippen LogP contribution in [0.4, 0.5) is 0 Å². The van der Waals surface area contributed by atoms with E-state index in [2.05, 4.69) is 5.32 Å². The average Bonchev–Trinajstić information content (AvgIpc) is 2.56. The van der Waals surface area contributed by atoms with Gasteiger partial charge in [0.15, 0.2) is 0 Å². The zero-order valence-corrected chi connectivity index (χ0v) is 16.1. The lowest BCUT2D eigenvalue weighted by Gasteiger charge is -2.49. The van der Waals surface area contributed by atoms with E-state index < -0.39 is 29.3 Å². The molecule has 2 N–H and O–H groups in total. The first-order chi connectivity index (χ1) is 11.9. The van der Waals surface area contributed by atoms with Crippen molar-refractivity contribution in [2.75, 3.05) is 29.5 Å². The minimum Gasteiger partial charge on any atom is -0.477 e. The van der Waals surface area contributed by atoms with Crippen molar-refractivity contribution in [2.45, 2.75) is 18.3 Å². The molecule has 0 radical (unpaired) electrons. The Kier molecular flexibility index (Phi) is 7.08. The normalized spacial score (nSPS) is 22.2. The number of carbonyl (C=O) groups excluding carboxylic acids is 3. The second-order valence-electron chi connectivity index (χ2n) is 5.25. The van der Waals surface area contributed by atoms with E-state index in [0.717, 1.165) is 9.98 Å². The second kappa shape index (κ2) is 8.86. The number of hydrogen-bond donors (Lipinski definition) is 2. The Morgan fingerprint density at radius 3 is 2.76 bits per heavy atom. The molecular weight excluding hydrogens is 388 g/mol. The molecule has 2 heterocycles. The van der Waals surface area contributed by atoms with E-state index in [1.54, 1.807) is 11.8 Å². The smallest absolute Gasteiger partial charge is 0.352 e. The number of rotatable bonds is 8. The van der Waals surface area contributed by atoms with Gasteiger partial charge in [-0.1, -0.05) is 0 Å². The Morgan fingerprint density at radius 1 is 1.44 bits per heavy atom. The molecule has 8 nitrogen and oxygen atoms in total. The summed E-state index contributed by atoms with van der Waals surface area (Å²) in [6.07, 6.45) is 1.93. The van der Waals surface area contributed by atoms with Gasteiger partial charge in [0.2, 0.25) is 5.91 Å². The number of hydrogen-bond acceptors (Lipinski definition) is 8. The van der Waals surface area contributed by atoms with Gasteiger partial charge in [0.05, 0.1) is 5.75 Å². The Labute approximate surface area is 157 Å². The Morgan fingerprint density at radius 2 is 2.16 bits per heavy atom. The van der Waals surface area contributed by atoms with Crippen LogP contribution in [0, 0.1) is 0 Å². The molecule has 25 heavy (non-hydrogen) atoms. The van der Waals surface area contributed by atoms with Crippen LogP contribution >= 0.6 is 35.3 Å². The SMILES string of the molecule is CSCSCC(=O)NC1C(=O)N2C(C(=O)O)=C(COC(C)=O)CSC12. The van der Waals surface area contributed by atoms with Crippen molar-refractivity contribution in [3.8, 4) is 0 Å². The highest BCUT2D eigenvalue weighted by Crippen LogP contribution is 2.40. The van der Waals surface area contributed by atoms with Crippen molar-refractivity contribution in [3.05, 3.63) is 11.3 Å². The number of nitrogens with one attached hydrogen (secondary N) is 1. The standard InChI is InChI=1S/C14H18N2O6S3/c1-7(17)22-3-8-4-25-13-10(15-9(18)5-24-6-23-2)12(19)16(13)11(8)14(20)21/h10,13H,3-6H2,1-2H3,(H,15,18)(H,20,21). The summed E-state index contributed by atoms with van der Waals surface area (Å²) in [6.45, 7) is 1.07. The Hall–Kier alpha value is -1.33. The minimum atomic E-state index is -1.25. The lowest BCUT2D eigenvalue weighted by molar-refractivity contribution is -0.150. The number of nitrogens with zero attached hydrogens (tertiary/aromatic N) is 1. The monoisotopic (exact) mass is 406 g/mol. The minimum absolute atomic E-state index is 0.155. The van der Waals surface area contributed by atoms with Crippen LogP contribution in [0.25, 0.3) is 0 Å². The molecule has 0 aromatic carbocycles. The van der Waals surface area contributed by atoms with Crippen molar-refractivity contribution in [1.29, 1.82) is 0 Å². The van der Waals surface area contributed by atoms with Gasteiger partial charge in [-0.25, -0.2) is 4.79 Å². The number of carboxylic acid groups (broad SMARTS) is 1. The van der Waals surface area contributed by atoms with Gasteiger partial charge >= 0.3 is 11.9 Å². The summed E-state index contributed by atoms with van der Waals surface area (Å²) in [4.78, 5) is 47.9. The summed E-state index contributed by atoms with van der Waals surface area (Å²) in [7, 11) is 0. The fraction of sp³-hybridized carbons (Fsp3) is 0.571. The first-order valence-corrected chi connectivity index (χ1v) is 10.9. The van der Waals surface area contributed by atoms with Gasteiger partial charge in [-0.2, -0.15) is 11.8 Å². The number of amides is 2. The molecule has 2 aliphatic rings. The molecule has 11 heteroatoms. The van der Waals surface area contributed by atoms with Crippen LogP contribution < -0.4 is 5.32 Å². The third-order valence-electron chi connectivity index (χ3n) is 3.45. The maximum Gasteiger partial charge on any atom is 0.352 e. The molecule has 2 rings (SSSR count). The maximum atomic E-state index is 12.3. The topological polar surface area (TPSA) is 113 Å². The summed E-state index contributed by atoms with van der Waals surface area (Å²) in [6, 6.07) is -0.725. The molecule has 2 aliphatic heterocycles. The molecule has 0 saturated carbocycles. The molecule has 0 bridgehead atoms. The molecule has 0 spiro atoms. The van der Waals surface area contributed by atoms with Gasteiger partial charge in [-0.15, -0.1) is 23.5 Å². The molecule has 0 aromatic heterocycles. The van der Waals surface area contributed by atoms with Crippen LogP contribution in [0.3, 0.4) is 0 Å². The predicted octanol–water partition coefficient (Wildman–Crippen LogP) is 0.342. The van der Waals surface area contributed by atoms with Gasteiger partial charge in [0.25, 0.3) is 5.91 Å². The van der Waals surface area contributed by atoms with Crippen LogP contribution in [0.5, 0.6) is 0 Å². The van der Waals surface area contributed by atoms with Crippen LogP contribution in [0.15, 0.2) is 11.3 Å². The predicted molar refractivity (Wildman–Crippen MR) is 97.2 cm³/mol. The lowest BCUT2D eigenvalue weighted by atomic mass is 10.0. The number of carboxylic acids is 1. The summed E-state index contributed by atoms with van der Waals surface area (Å²) in [5.74, 6) is -1.91. The fourth-order valence-electron chi connectivity index (χ4n) is 2.42. The van der Waals surface area contributed by atoms with E-state index in [0.29, 0.717) is 11.3 Å². The molecule has 1 fully saturated rings. The number of fused-ring (bicyclic) bond motifs is 1. The van der Waals surface area contributed by atoms with E-state index >= 15 is 0 Å². The third-order valence-corrected chi connectivity index (χ3v) is 6.87. The van der Waals surface area contributed by atoms with E-state index in [4.69, 9.17) is 4.74 Å². The first-order valence-electron chi connectivity index (χ1n) is 7.26. The maximum absolute atomic E-state index is 12.3. The average molecular weight is 407 g/mol. The van der Waals surface area contributed by atoms with Crippen molar-refractivity contribution < 1.29 is 29.0 Å². The van der Waals surface area contributed by atoms with Crippen LogP contribution in [-0.2, 0) is 23.9 Å². The molecule has 2 unspecified atom stereocenters. The van der Waals surface area contributed by atoms with Gasteiger partial charge in [-0.05, 0) is 6.26 Å². The summed E-state index contributed by atoms with van der Waals surface area (Å²) in [5, 5.41) is 12.4. The van der Waals surface area contributed by atoms with Crippen molar-refractivity contribution in [3.63, 3.8) is 0 Å². The van der Waals surface area contributed by atoms with E-state index in [1.807, 2.05) is 6.26 Å². The first kappa shape index (κ1) is 20.0. The van der Waals surface area contributed by atoms with Crippen LogP contribution in [0.1, 0.15) is 6.92 Å². The van der Waals surface area contributed by atoms with Crippen molar-refractivity contribution in [1.82, 2.24) is 10.2 Å². The van der Waals surface area contributed by atoms with Crippen molar-refractivity contribution in [2.24, 2.45) is 0 Å². The molecule has 0 aliphatic carbocycles. The molecule has 138 valence electrons. The molecule has 2 amide bonds. The Balaban J connectivity index is 2.04. The molecule has 0 aromatic rings. The van der Waals surface area contributed by atoms with Crippen molar-refractivity contribution >= 4 is 59.0 Å². The number of β-lactam (4-membered cyclic amide) rings is 1. The Bertz CT molecular complexity index is 624.